The third-order valence-electron chi connectivity index (χ3n) is 7.06. The molecule has 0 radical (unpaired) electrons. The van der Waals surface area contributed by atoms with Crippen molar-refractivity contribution in [3.63, 3.8) is 0 Å². The molecule has 0 spiro atoms. The average Bonchev–Trinajstić information content (AvgIpc) is 3.26. The van der Waals surface area contributed by atoms with Crippen LogP contribution < -0.4 is 5.32 Å². The van der Waals surface area contributed by atoms with Crippen molar-refractivity contribution < 1.29 is 22.7 Å². The van der Waals surface area contributed by atoms with Crippen LogP contribution in [0, 0.1) is 5.41 Å². The Morgan fingerprint density at radius 1 is 1.14 bits per heavy atom. The zero-order valence-corrected chi connectivity index (χ0v) is 20.5. The van der Waals surface area contributed by atoms with E-state index in [4.69, 9.17) is 4.74 Å². The number of fused-ring (bicyclic) bond motifs is 1. The zero-order chi connectivity index (χ0) is 25.1. The molecule has 0 bridgehead atoms. The first-order valence-electron chi connectivity index (χ1n) is 12.4. The maximum atomic E-state index is 13.9. The number of morpholine rings is 1. The Morgan fingerprint density at radius 2 is 1.86 bits per heavy atom. The fourth-order valence-electron chi connectivity index (χ4n) is 5.05. The summed E-state index contributed by atoms with van der Waals surface area (Å²) in [6, 6.07) is 6.72. The summed E-state index contributed by atoms with van der Waals surface area (Å²) in [7, 11) is 0. The number of halogens is 3. The normalized spacial score (nSPS) is 21.4. The van der Waals surface area contributed by atoms with Crippen LogP contribution >= 0.6 is 0 Å². The highest BCUT2D eigenvalue weighted by atomic mass is 19.4. The summed E-state index contributed by atoms with van der Waals surface area (Å²) in [6.45, 7) is 8.61. The van der Waals surface area contributed by atoms with Gasteiger partial charge < -0.3 is 10.1 Å². The summed E-state index contributed by atoms with van der Waals surface area (Å²) < 4.78 is 48.1. The summed E-state index contributed by atoms with van der Waals surface area (Å²) in [4.78, 5) is 15.7. The molecule has 35 heavy (non-hydrogen) atoms. The number of carbonyl (C=O) groups is 1. The number of hydrogen-bond acceptors (Lipinski definition) is 5. The Labute approximate surface area is 204 Å². The Hall–Kier alpha value is -2.39. The summed E-state index contributed by atoms with van der Waals surface area (Å²) in [5, 5.41) is 7.19. The van der Waals surface area contributed by atoms with E-state index in [-0.39, 0.29) is 35.4 Å². The van der Waals surface area contributed by atoms with E-state index in [1.54, 1.807) is 24.3 Å². The van der Waals surface area contributed by atoms with Crippen LogP contribution in [0.2, 0.25) is 0 Å². The highest BCUT2D eigenvalue weighted by molar-refractivity contribution is 6.00. The number of nitrogens with one attached hydrogen (secondary N) is 1. The lowest BCUT2D eigenvalue weighted by atomic mass is 9.81. The van der Waals surface area contributed by atoms with E-state index in [0.29, 0.717) is 0 Å². The SMILES string of the molecule is CC(C)(CCCCN1CCOCC1)CC(=O)c1cnn2c1N[C@@H](c1ccccc1)C[C@H]2C(F)(F)F. The quantitative estimate of drug-likeness (QED) is 0.362. The van der Waals surface area contributed by atoms with Crippen molar-refractivity contribution in [1.82, 2.24) is 14.7 Å². The van der Waals surface area contributed by atoms with Crippen LogP contribution in [0.15, 0.2) is 36.5 Å². The first-order chi connectivity index (χ1) is 16.6. The standard InChI is InChI=1S/C26H35F3N4O2/c1-25(2,10-6-7-11-32-12-14-35-15-13-32)17-22(34)20-18-30-33-23(26(27,28)29)16-21(31-24(20)33)19-8-4-3-5-9-19/h3-5,8-9,18,21,23,31H,6-7,10-17H2,1-2H3/t21-,23+/m1/s1. The predicted octanol–water partition coefficient (Wildman–Crippen LogP) is 5.64. The summed E-state index contributed by atoms with van der Waals surface area (Å²) >= 11 is 0. The van der Waals surface area contributed by atoms with E-state index < -0.39 is 18.3 Å². The fourth-order valence-corrected chi connectivity index (χ4v) is 5.05. The molecule has 1 aromatic heterocycles. The maximum Gasteiger partial charge on any atom is 0.410 e. The number of hydrogen-bond donors (Lipinski definition) is 1. The largest absolute Gasteiger partial charge is 0.410 e. The third-order valence-corrected chi connectivity index (χ3v) is 7.06. The number of anilines is 1. The Morgan fingerprint density at radius 3 is 2.54 bits per heavy atom. The minimum Gasteiger partial charge on any atom is -0.379 e. The number of ether oxygens (including phenoxy) is 1. The molecule has 6 nitrogen and oxygen atoms in total. The van der Waals surface area contributed by atoms with Crippen LogP contribution in [0.25, 0.3) is 0 Å². The molecule has 4 rings (SSSR count). The van der Waals surface area contributed by atoms with E-state index in [1.807, 2.05) is 19.9 Å². The molecule has 2 aromatic rings. The van der Waals surface area contributed by atoms with E-state index in [1.165, 1.54) is 6.20 Å². The second kappa shape index (κ2) is 10.7. The number of Topliss-reactive ketones (excluding diaryl/α,β-unsaturated/α-hetero) is 1. The number of benzene rings is 1. The molecule has 1 aromatic carbocycles. The summed E-state index contributed by atoms with van der Waals surface area (Å²) in [5.41, 5.74) is 0.739. The van der Waals surface area contributed by atoms with Gasteiger partial charge >= 0.3 is 6.18 Å². The van der Waals surface area contributed by atoms with Gasteiger partial charge in [-0.1, -0.05) is 50.6 Å². The van der Waals surface area contributed by atoms with Gasteiger partial charge in [0.2, 0.25) is 0 Å². The minimum atomic E-state index is -4.46. The number of rotatable bonds is 9. The van der Waals surface area contributed by atoms with Crippen molar-refractivity contribution >= 4 is 11.6 Å². The molecule has 0 saturated carbocycles. The van der Waals surface area contributed by atoms with Crippen molar-refractivity contribution in [3.8, 4) is 0 Å². The van der Waals surface area contributed by atoms with Gasteiger partial charge in [-0.25, -0.2) is 4.68 Å². The molecule has 2 aliphatic heterocycles. The van der Waals surface area contributed by atoms with Crippen molar-refractivity contribution in [1.29, 1.82) is 0 Å². The first kappa shape index (κ1) is 25.7. The second-order valence-corrected chi connectivity index (χ2v) is 10.4. The molecule has 0 aliphatic carbocycles. The third kappa shape index (κ3) is 6.44. The van der Waals surface area contributed by atoms with Gasteiger partial charge in [-0.2, -0.15) is 18.3 Å². The van der Waals surface area contributed by atoms with Crippen LogP contribution in [0.5, 0.6) is 0 Å². The van der Waals surface area contributed by atoms with E-state index in [9.17, 15) is 18.0 Å². The minimum absolute atomic E-state index is 0.167. The topological polar surface area (TPSA) is 59.4 Å². The van der Waals surface area contributed by atoms with Crippen molar-refractivity contribution in [2.75, 3.05) is 38.2 Å². The molecule has 9 heteroatoms. The second-order valence-electron chi connectivity index (χ2n) is 10.4. The number of ketones is 1. The lowest BCUT2D eigenvalue weighted by molar-refractivity contribution is -0.173. The van der Waals surface area contributed by atoms with Crippen molar-refractivity contribution in [3.05, 3.63) is 47.7 Å². The molecule has 0 unspecified atom stereocenters. The van der Waals surface area contributed by atoms with E-state index in [2.05, 4.69) is 15.3 Å². The van der Waals surface area contributed by atoms with Gasteiger partial charge in [-0.15, -0.1) is 0 Å². The molecule has 1 N–H and O–H groups in total. The molecule has 0 amide bonds. The van der Waals surface area contributed by atoms with Crippen molar-refractivity contribution in [2.45, 2.75) is 64.2 Å². The van der Waals surface area contributed by atoms with Gasteiger partial charge in [-0.05, 0) is 30.4 Å². The molecule has 2 atom stereocenters. The molecule has 2 aliphatic rings. The number of unbranched alkanes of at least 4 members (excludes halogenated alkanes) is 1. The van der Waals surface area contributed by atoms with Gasteiger partial charge in [0.1, 0.15) is 5.82 Å². The van der Waals surface area contributed by atoms with Gasteiger partial charge in [-0.3, -0.25) is 9.69 Å². The van der Waals surface area contributed by atoms with E-state index >= 15 is 0 Å². The van der Waals surface area contributed by atoms with Crippen LogP contribution in [-0.2, 0) is 4.74 Å². The Balaban J connectivity index is 1.42. The lowest BCUT2D eigenvalue weighted by Crippen LogP contribution is -2.36. The lowest BCUT2D eigenvalue weighted by Gasteiger charge is -2.34. The smallest absolute Gasteiger partial charge is 0.379 e. The van der Waals surface area contributed by atoms with Crippen LogP contribution in [0.4, 0.5) is 19.0 Å². The van der Waals surface area contributed by atoms with Crippen LogP contribution in [0.3, 0.4) is 0 Å². The summed E-state index contributed by atoms with van der Waals surface area (Å²) in [6.07, 6.45) is -0.163. The Bertz CT molecular complexity index is 984. The zero-order valence-electron chi connectivity index (χ0n) is 20.5. The molecule has 1 saturated heterocycles. The van der Waals surface area contributed by atoms with Crippen molar-refractivity contribution in [2.24, 2.45) is 5.41 Å². The van der Waals surface area contributed by atoms with Crippen LogP contribution in [-0.4, -0.2) is 59.5 Å². The van der Waals surface area contributed by atoms with Gasteiger partial charge in [0.05, 0.1) is 31.0 Å². The van der Waals surface area contributed by atoms with Gasteiger partial charge in [0.15, 0.2) is 11.8 Å². The van der Waals surface area contributed by atoms with Crippen LogP contribution in [0.1, 0.15) is 74.0 Å². The van der Waals surface area contributed by atoms with Gasteiger partial charge in [0, 0.05) is 25.9 Å². The average molecular weight is 493 g/mol. The molecule has 3 heterocycles. The molecular formula is C26H35F3N4O2. The summed E-state index contributed by atoms with van der Waals surface area (Å²) in [5.74, 6) is -0.00730. The number of alkyl halides is 3. The first-order valence-corrected chi connectivity index (χ1v) is 12.4. The molecular weight excluding hydrogens is 457 g/mol. The predicted molar refractivity (Wildman–Crippen MR) is 129 cm³/mol. The number of nitrogens with zero attached hydrogens (tertiary/aromatic N) is 3. The van der Waals surface area contributed by atoms with Gasteiger partial charge in [0.25, 0.3) is 0 Å². The molecule has 192 valence electrons. The maximum absolute atomic E-state index is 13.9. The Kier molecular flexibility index (Phi) is 7.86. The number of aromatic nitrogens is 2. The van der Waals surface area contributed by atoms with E-state index in [0.717, 1.165) is 62.4 Å². The highest BCUT2D eigenvalue weighted by Gasteiger charge is 2.47. The highest BCUT2D eigenvalue weighted by Crippen LogP contribution is 2.44. The fraction of sp³-hybridized carbons (Fsp3) is 0.615. The number of carbonyl (C=O) groups excluding carboxylic acids is 1. The monoisotopic (exact) mass is 492 g/mol. The molecule has 1 fully saturated rings.